The second-order valence-electron chi connectivity index (χ2n) is 6.02. The number of aromatic nitrogens is 1. The molecule has 0 saturated heterocycles. The molecule has 25 heavy (non-hydrogen) atoms. The van der Waals surface area contributed by atoms with Crippen LogP contribution >= 0.6 is 23.2 Å². The Morgan fingerprint density at radius 3 is 2.68 bits per heavy atom. The number of halogens is 2. The normalized spacial score (nSPS) is 11.0. The van der Waals surface area contributed by atoms with Gasteiger partial charge in [0.25, 0.3) is 0 Å². The lowest BCUT2D eigenvalue weighted by Crippen LogP contribution is -2.30. The molecule has 0 bridgehead atoms. The van der Waals surface area contributed by atoms with E-state index in [1.54, 1.807) is 6.07 Å². The van der Waals surface area contributed by atoms with Crippen molar-refractivity contribution in [2.75, 3.05) is 6.54 Å². The van der Waals surface area contributed by atoms with E-state index in [-0.39, 0.29) is 5.91 Å². The minimum absolute atomic E-state index is 0.138. The number of amides is 1. The van der Waals surface area contributed by atoms with Crippen molar-refractivity contribution in [1.82, 2.24) is 9.88 Å². The minimum Gasteiger partial charge on any atom is -0.361 e. The van der Waals surface area contributed by atoms with E-state index in [1.807, 2.05) is 48.4 Å². The number of para-hydroxylation sites is 1. The SMILES string of the molecule is CCN(Cc1ccc(Cl)c(Cl)c1)C(=O)CCc1c[nH]c2ccccc12. The Labute approximate surface area is 157 Å². The van der Waals surface area contributed by atoms with Gasteiger partial charge in [0, 0.05) is 36.6 Å². The summed E-state index contributed by atoms with van der Waals surface area (Å²) < 4.78 is 0. The molecular formula is C20H20Cl2N2O. The summed E-state index contributed by atoms with van der Waals surface area (Å²) in [6.07, 6.45) is 3.20. The van der Waals surface area contributed by atoms with E-state index >= 15 is 0 Å². The molecule has 3 aromatic rings. The van der Waals surface area contributed by atoms with Gasteiger partial charge in [0.2, 0.25) is 5.91 Å². The molecule has 1 N–H and O–H groups in total. The van der Waals surface area contributed by atoms with Crippen molar-refractivity contribution in [2.24, 2.45) is 0 Å². The van der Waals surface area contributed by atoms with Crippen molar-refractivity contribution in [3.8, 4) is 0 Å². The van der Waals surface area contributed by atoms with Crippen LogP contribution in [0.2, 0.25) is 10.0 Å². The molecule has 0 atom stereocenters. The van der Waals surface area contributed by atoms with Crippen molar-refractivity contribution >= 4 is 40.0 Å². The summed E-state index contributed by atoms with van der Waals surface area (Å²) in [6.45, 7) is 3.19. The number of aryl methyl sites for hydroxylation is 1. The second-order valence-corrected chi connectivity index (χ2v) is 6.83. The summed E-state index contributed by atoms with van der Waals surface area (Å²) in [5.41, 5.74) is 3.26. The standard InChI is InChI=1S/C20H20Cl2N2O/c1-2-24(13-14-7-9-17(21)18(22)11-14)20(25)10-8-15-12-23-19-6-4-3-5-16(15)19/h3-7,9,11-12,23H,2,8,10,13H2,1H3. The van der Waals surface area contributed by atoms with Gasteiger partial charge in [-0.2, -0.15) is 0 Å². The van der Waals surface area contributed by atoms with Crippen LogP contribution in [0.4, 0.5) is 0 Å². The number of hydrogen-bond donors (Lipinski definition) is 1. The molecule has 1 aromatic heterocycles. The van der Waals surface area contributed by atoms with Gasteiger partial charge in [-0.1, -0.05) is 47.5 Å². The van der Waals surface area contributed by atoms with Crippen LogP contribution in [0.1, 0.15) is 24.5 Å². The van der Waals surface area contributed by atoms with E-state index < -0.39 is 0 Å². The molecule has 1 amide bonds. The van der Waals surface area contributed by atoms with Gasteiger partial charge in [0.1, 0.15) is 0 Å². The monoisotopic (exact) mass is 374 g/mol. The van der Waals surface area contributed by atoms with Gasteiger partial charge in [-0.05, 0) is 42.7 Å². The van der Waals surface area contributed by atoms with E-state index in [2.05, 4.69) is 11.1 Å². The fourth-order valence-corrected chi connectivity index (χ4v) is 3.29. The molecular weight excluding hydrogens is 355 g/mol. The molecule has 0 spiro atoms. The number of rotatable bonds is 6. The quantitative estimate of drug-likeness (QED) is 0.611. The first kappa shape index (κ1) is 17.8. The first-order chi connectivity index (χ1) is 12.1. The number of H-pyrrole nitrogens is 1. The van der Waals surface area contributed by atoms with Crippen LogP contribution in [0.5, 0.6) is 0 Å². The summed E-state index contributed by atoms with van der Waals surface area (Å²) in [5.74, 6) is 0.138. The molecule has 0 unspecified atom stereocenters. The number of carbonyl (C=O) groups excluding carboxylic acids is 1. The molecule has 0 saturated carbocycles. The van der Waals surface area contributed by atoms with E-state index in [9.17, 15) is 4.79 Å². The van der Waals surface area contributed by atoms with Crippen LogP contribution in [0.3, 0.4) is 0 Å². The third-order valence-electron chi connectivity index (χ3n) is 4.37. The average molecular weight is 375 g/mol. The highest BCUT2D eigenvalue weighted by molar-refractivity contribution is 6.42. The zero-order chi connectivity index (χ0) is 17.8. The fourth-order valence-electron chi connectivity index (χ4n) is 2.97. The predicted molar refractivity (Wildman–Crippen MR) is 104 cm³/mol. The van der Waals surface area contributed by atoms with E-state index in [4.69, 9.17) is 23.2 Å². The smallest absolute Gasteiger partial charge is 0.223 e. The highest BCUT2D eigenvalue weighted by Gasteiger charge is 2.14. The number of nitrogens with zero attached hydrogens (tertiary/aromatic N) is 1. The largest absolute Gasteiger partial charge is 0.361 e. The van der Waals surface area contributed by atoms with E-state index in [1.165, 1.54) is 10.9 Å². The van der Waals surface area contributed by atoms with E-state index in [0.717, 1.165) is 17.5 Å². The van der Waals surface area contributed by atoms with Gasteiger partial charge in [-0.15, -0.1) is 0 Å². The number of fused-ring (bicyclic) bond motifs is 1. The van der Waals surface area contributed by atoms with Gasteiger partial charge in [0.15, 0.2) is 0 Å². The van der Waals surface area contributed by atoms with Gasteiger partial charge in [-0.25, -0.2) is 0 Å². The molecule has 130 valence electrons. The topological polar surface area (TPSA) is 36.1 Å². The van der Waals surface area contributed by atoms with Crippen LogP contribution in [0.15, 0.2) is 48.7 Å². The molecule has 1 heterocycles. The molecule has 3 rings (SSSR count). The Hall–Kier alpha value is -1.97. The number of carbonyl (C=O) groups is 1. The first-order valence-electron chi connectivity index (χ1n) is 8.35. The zero-order valence-corrected chi connectivity index (χ0v) is 15.6. The molecule has 0 aliphatic rings. The Kier molecular flexibility index (Phi) is 5.67. The van der Waals surface area contributed by atoms with Crippen molar-refractivity contribution in [1.29, 1.82) is 0 Å². The summed E-state index contributed by atoms with van der Waals surface area (Å²) >= 11 is 12.0. The molecule has 0 fully saturated rings. The Balaban J connectivity index is 1.65. The molecule has 5 heteroatoms. The van der Waals surface area contributed by atoms with Gasteiger partial charge >= 0.3 is 0 Å². The van der Waals surface area contributed by atoms with Crippen LogP contribution < -0.4 is 0 Å². The maximum Gasteiger partial charge on any atom is 0.223 e. The second kappa shape index (κ2) is 7.94. The molecule has 2 aromatic carbocycles. The zero-order valence-electron chi connectivity index (χ0n) is 14.1. The van der Waals surface area contributed by atoms with Crippen molar-refractivity contribution in [3.05, 3.63) is 69.8 Å². The summed E-state index contributed by atoms with van der Waals surface area (Å²) in [5, 5.41) is 2.23. The van der Waals surface area contributed by atoms with E-state index in [0.29, 0.717) is 29.6 Å². The molecule has 0 aliphatic carbocycles. The maximum absolute atomic E-state index is 12.6. The minimum atomic E-state index is 0.138. The van der Waals surface area contributed by atoms with Gasteiger partial charge in [0.05, 0.1) is 10.0 Å². The lowest BCUT2D eigenvalue weighted by Gasteiger charge is -2.21. The summed E-state index contributed by atoms with van der Waals surface area (Å²) in [6, 6.07) is 13.6. The van der Waals surface area contributed by atoms with Crippen LogP contribution in [-0.2, 0) is 17.8 Å². The van der Waals surface area contributed by atoms with Crippen LogP contribution in [0, 0.1) is 0 Å². The van der Waals surface area contributed by atoms with Crippen LogP contribution in [-0.4, -0.2) is 22.3 Å². The maximum atomic E-state index is 12.6. The lowest BCUT2D eigenvalue weighted by molar-refractivity contribution is -0.131. The molecule has 0 radical (unpaired) electrons. The first-order valence-corrected chi connectivity index (χ1v) is 9.10. The number of nitrogens with one attached hydrogen (secondary N) is 1. The fraction of sp³-hybridized carbons (Fsp3) is 0.250. The van der Waals surface area contributed by atoms with Gasteiger partial charge in [-0.3, -0.25) is 4.79 Å². The number of hydrogen-bond acceptors (Lipinski definition) is 1. The number of benzene rings is 2. The highest BCUT2D eigenvalue weighted by Crippen LogP contribution is 2.24. The predicted octanol–water partition coefficient (Wildman–Crippen LogP) is 5.46. The highest BCUT2D eigenvalue weighted by atomic mass is 35.5. The molecule has 3 nitrogen and oxygen atoms in total. The number of aromatic amines is 1. The van der Waals surface area contributed by atoms with Crippen molar-refractivity contribution in [2.45, 2.75) is 26.3 Å². The third kappa shape index (κ3) is 4.17. The van der Waals surface area contributed by atoms with Crippen molar-refractivity contribution in [3.63, 3.8) is 0 Å². The van der Waals surface area contributed by atoms with Gasteiger partial charge < -0.3 is 9.88 Å². The molecule has 0 aliphatic heterocycles. The summed E-state index contributed by atoms with van der Waals surface area (Å²) in [7, 11) is 0. The average Bonchev–Trinajstić information content (AvgIpc) is 3.04. The third-order valence-corrected chi connectivity index (χ3v) is 5.11. The summed E-state index contributed by atoms with van der Waals surface area (Å²) in [4.78, 5) is 17.7. The Morgan fingerprint density at radius 2 is 1.92 bits per heavy atom. The lowest BCUT2D eigenvalue weighted by atomic mass is 10.1. The Morgan fingerprint density at radius 1 is 1.12 bits per heavy atom. The van der Waals surface area contributed by atoms with Crippen molar-refractivity contribution < 1.29 is 4.79 Å². The van der Waals surface area contributed by atoms with Crippen LogP contribution in [0.25, 0.3) is 10.9 Å². The Bertz CT molecular complexity index is 888.